The third-order valence-corrected chi connectivity index (χ3v) is 3.29. The Morgan fingerprint density at radius 1 is 1.40 bits per heavy atom. The number of anilines is 3. The summed E-state index contributed by atoms with van der Waals surface area (Å²) in [6.45, 7) is 3.45. The van der Waals surface area contributed by atoms with Gasteiger partial charge in [0.05, 0.1) is 0 Å². The summed E-state index contributed by atoms with van der Waals surface area (Å²) in [5.41, 5.74) is 11.9. The van der Waals surface area contributed by atoms with E-state index < -0.39 is 24.4 Å². The Morgan fingerprint density at radius 3 is 2.72 bits per heavy atom. The number of rotatable bonds is 7. The Balaban J connectivity index is 2.25. The van der Waals surface area contributed by atoms with Crippen LogP contribution in [-0.2, 0) is 0 Å². The smallest absolute Gasteiger partial charge is 0.301 e. The average molecular weight is 350 g/mol. The van der Waals surface area contributed by atoms with E-state index in [1.807, 2.05) is 25.1 Å². The normalized spacial score (nSPS) is 12.5. The van der Waals surface area contributed by atoms with Crippen LogP contribution in [-0.4, -0.2) is 28.0 Å². The summed E-state index contributed by atoms with van der Waals surface area (Å²) >= 11 is 0. The van der Waals surface area contributed by atoms with Crippen molar-refractivity contribution in [2.24, 2.45) is 11.5 Å². The number of nitrogens with two attached hydrogens (primary N) is 2. The first kappa shape index (κ1) is 18.5. The third-order valence-electron chi connectivity index (χ3n) is 3.29. The molecule has 0 radical (unpaired) electrons. The van der Waals surface area contributed by atoms with Gasteiger partial charge in [-0.25, -0.2) is 4.98 Å². The van der Waals surface area contributed by atoms with Gasteiger partial charge in [-0.2, -0.15) is 13.8 Å². The zero-order valence-electron chi connectivity index (χ0n) is 13.9. The van der Waals surface area contributed by atoms with Gasteiger partial charge in [0.2, 0.25) is 5.95 Å². The molecular formula is C16H20F2N6O. The van der Waals surface area contributed by atoms with Crippen molar-refractivity contribution >= 4 is 23.4 Å². The van der Waals surface area contributed by atoms with Crippen molar-refractivity contribution in [3.63, 3.8) is 0 Å². The van der Waals surface area contributed by atoms with Gasteiger partial charge in [0.25, 0.3) is 5.91 Å². The second-order valence-corrected chi connectivity index (χ2v) is 5.83. The molecule has 2 rings (SSSR count). The zero-order chi connectivity index (χ0) is 18.6. The topological polar surface area (TPSA) is 119 Å². The maximum atomic E-state index is 12.9. The van der Waals surface area contributed by atoms with Gasteiger partial charge in [-0.3, -0.25) is 10.5 Å². The lowest BCUT2D eigenvalue weighted by molar-refractivity contribution is -0.00392. The van der Waals surface area contributed by atoms with E-state index in [0.29, 0.717) is 5.69 Å². The fourth-order valence-electron chi connectivity index (χ4n) is 2.27. The molecule has 9 heteroatoms. The minimum absolute atomic E-state index is 0.0805. The van der Waals surface area contributed by atoms with Gasteiger partial charge < -0.3 is 16.4 Å². The number of amides is 1. The molecule has 1 amide bonds. The van der Waals surface area contributed by atoms with E-state index in [9.17, 15) is 13.6 Å². The molecule has 0 aliphatic rings. The number of hydrogen-bond acceptors (Lipinski definition) is 6. The number of carbonyl (C=O) groups is 1. The van der Waals surface area contributed by atoms with Crippen molar-refractivity contribution in [1.82, 2.24) is 9.97 Å². The first-order valence-electron chi connectivity index (χ1n) is 7.58. The van der Waals surface area contributed by atoms with Crippen LogP contribution in [0.25, 0.3) is 0 Å². The molecule has 1 aromatic heterocycles. The highest BCUT2D eigenvalue weighted by atomic mass is 19.3. The maximum Gasteiger partial charge on any atom is 0.301 e. The van der Waals surface area contributed by atoms with Gasteiger partial charge in [0.15, 0.2) is 0 Å². The van der Waals surface area contributed by atoms with Crippen LogP contribution in [0.1, 0.15) is 29.3 Å². The van der Waals surface area contributed by atoms with Gasteiger partial charge >= 0.3 is 6.05 Å². The Kier molecular flexibility index (Phi) is 5.48. The molecule has 6 N–H and O–H groups in total. The highest BCUT2D eigenvalue weighted by molar-refractivity contribution is 5.98. The lowest BCUT2D eigenvalue weighted by atomic mass is 10.2. The number of alkyl halides is 2. The number of aryl methyl sites for hydroxylation is 1. The fraction of sp³-hybridized carbons (Fsp3) is 0.312. The van der Waals surface area contributed by atoms with E-state index in [-0.39, 0.29) is 17.3 Å². The molecule has 1 heterocycles. The predicted octanol–water partition coefficient (Wildman–Crippen LogP) is 2.37. The number of carbonyl (C=O) groups excluding carboxylic acids is 1. The average Bonchev–Trinajstić information content (AvgIpc) is 2.45. The van der Waals surface area contributed by atoms with E-state index in [1.165, 1.54) is 13.1 Å². The third kappa shape index (κ3) is 5.64. The van der Waals surface area contributed by atoms with Crippen molar-refractivity contribution in [2.45, 2.75) is 32.4 Å². The minimum atomic E-state index is -3.30. The van der Waals surface area contributed by atoms with Crippen LogP contribution in [0.15, 0.2) is 30.5 Å². The summed E-state index contributed by atoms with van der Waals surface area (Å²) in [7, 11) is 0. The van der Waals surface area contributed by atoms with E-state index in [4.69, 9.17) is 11.5 Å². The van der Waals surface area contributed by atoms with Crippen LogP contribution in [0.3, 0.4) is 0 Å². The monoisotopic (exact) mass is 350 g/mol. The number of nitrogens with one attached hydrogen (secondary N) is 2. The van der Waals surface area contributed by atoms with Gasteiger partial charge in [-0.05, 0) is 31.5 Å². The number of hydrogen-bond donors (Lipinski definition) is 4. The molecule has 1 atom stereocenters. The van der Waals surface area contributed by atoms with Crippen molar-refractivity contribution in [3.8, 4) is 0 Å². The first-order valence-corrected chi connectivity index (χ1v) is 7.58. The molecule has 0 saturated heterocycles. The standard InChI is InChI=1S/C16H20F2N6O/c1-9-4-3-5-11(6-9)23-14-12(13(19)25)8-21-15(24-14)22-10(2)7-16(17,18)20/h3-6,8,10H,7,20H2,1-2H3,(H2,19,25)(H2,21,22,23,24). The van der Waals surface area contributed by atoms with Gasteiger partial charge in [-0.15, -0.1) is 0 Å². The SMILES string of the molecule is Cc1cccc(Nc2nc(NC(C)CC(N)(F)F)ncc2C(N)=O)c1. The molecular weight excluding hydrogens is 330 g/mol. The predicted molar refractivity (Wildman–Crippen MR) is 91.8 cm³/mol. The minimum Gasteiger partial charge on any atom is -0.365 e. The number of aromatic nitrogens is 2. The summed E-state index contributed by atoms with van der Waals surface area (Å²) in [4.78, 5) is 19.7. The van der Waals surface area contributed by atoms with Gasteiger partial charge in [0, 0.05) is 24.3 Å². The second kappa shape index (κ2) is 7.39. The molecule has 0 spiro atoms. The zero-order valence-corrected chi connectivity index (χ0v) is 13.9. The highest BCUT2D eigenvalue weighted by Gasteiger charge is 2.25. The Morgan fingerprint density at radius 2 is 2.12 bits per heavy atom. The molecule has 0 fully saturated rings. The molecule has 134 valence electrons. The summed E-state index contributed by atoms with van der Waals surface area (Å²) in [5.74, 6) is -0.442. The molecule has 1 unspecified atom stereocenters. The van der Waals surface area contributed by atoms with Crippen LogP contribution in [0.2, 0.25) is 0 Å². The quantitative estimate of drug-likeness (QED) is 0.569. The first-order chi connectivity index (χ1) is 11.6. The van der Waals surface area contributed by atoms with Crippen LogP contribution >= 0.6 is 0 Å². The summed E-state index contributed by atoms with van der Waals surface area (Å²) in [5, 5.41) is 5.72. The van der Waals surface area contributed by atoms with Crippen molar-refractivity contribution in [1.29, 1.82) is 0 Å². The van der Waals surface area contributed by atoms with E-state index in [1.54, 1.807) is 6.07 Å². The second-order valence-electron chi connectivity index (χ2n) is 5.83. The van der Waals surface area contributed by atoms with Crippen molar-refractivity contribution in [3.05, 3.63) is 41.6 Å². The van der Waals surface area contributed by atoms with Crippen LogP contribution in [0.4, 0.5) is 26.2 Å². The van der Waals surface area contributed by atoms with E-state index in [2.05, 4.69) is 20.6 Å². The number of halogens is 2. The molecule has 0 aliphatic heterocycles. The maximum absolute atomic E-state index is 12.9. The molecule has 1 aromatic carbocycles. The number of benzene rings is 1. The van der Waals surface area contributed by atoms with Crippen molar-refractivity contribution < 1.29 is 13.6 Å². The van der Waals surface area contributed by atoms with E-state index in [0.717, 1.165) is 5.56 Å². The summed E-state index contributed by atoms with van der Waals surface area (Å²) in [6.07, 6.45) is 0.650. The van der Waals surface area contributed by atoms with Crippen LogP contribution in [0.5, 0.6) is 0 Å². The largest absolute Gasteiger partial charge is 0.365 e. The molecule has 0 saturated carbocycles. The number of primary amides is 1. The van der Waals surface area contributed by atoms with Crippen molar-refractivity contribution in [2.75, 3.05) is 10.6 Å². The summed E-state index contributed by atoms with van der Waals surface area (Å²) in [6, 6.07) is 3.44. The Labute approximate surface area is 143 Å². The van der Waals surface area contributed by atoms with E-state index >= 15 is 0 Å². The molecule has 25 heavy (non-hydrogen) atoms. The summed E-state index contributed by atoms with van der Waals surface area (Å²) < 4.78 is 25.7. The lowest BCUT2D eigenvalue weighted by Crippen LogP contribution is -2.35. The lowest BCUT2D eigenvalue weighted by Gasteiger charge is -2.18. The van der Waals surface area contributed by atoms with Gasteiger partial charge in [0.1, 0.15) is 11.4 Å². The number of nitrogens with zero attached hydrogens (tertiary/aromatic N) is 2. The molecule has 2 aromatic rings. The highest BCUT2D eigenvalue weighted by Crippen LogP contribution is 2.21. The van der Waals surface area contributed by atoms with Crippen LogP contribution < -0.4 is 22.1 Å². The fourth-order valence-corrected chi connectivity index (χ4v) is 2.27. The Hall–Kier alpha value is -2.81. The molecule has 7 nitrogen and oxygen atoms in total. The Bertz CT molecular complexity index is 763. The van der Waals surface area contributed by atoms with Gasteiger partial charge in [-0.1, -0.05) is 12.1 Å². The molecule has 0 bridgehead atoms. The molecule has 0 aliphatic carbocycles. The van der Waals surface area contributed by atoms with Crippen LogP contribution in [0, 0.1) is 6.92 Å².